The van der Waals surface area contributed by atoms with E-state index in [9.17, 15) is 0 Å². The Morgan fingerprint density at radius 1 is 1.27 bits per heavy atom. The minimum Gasteiger partial charge on any atom is -0.344 e. The maximum absolute atomic E-state index is 5.43. The first-order chi connectivity index (χ1) is 7.24. The van der Waals surface area contributed by atoms with Crippen molar-refractivity contribution >= 4 is 21.9 Å². The largest absolute Gasteiger partial charge is 0.344 e. The van der Waals surface area contributed by atoms with Gasteiger partial charge in [0.25, 0.3) is 0 Å². The van der Waals surface area contributed by atoms with Crippen molar-refractivity contribution in [2.24, 2.45) is 5.73 Å². The Kier molecular flexibility index (Phi) is 5.57. The summed E-state index contributed by atoms with van der Waals surface area (Å²) in [6.45, 7) is 1.75. The topological polar surface area (TPSA) is 55.0 Å². The van der Waals surface area contributed by atoms with Gasteiger partial charge in [-0.05, 0) is 35.3 Å². The van der Waals surface area contributed by atoms with E-state index >= 15 is 0 Å². The van der Waals surface area contributed by atoms with Crippen LogP contribution in [0, 0.1) is 0 Å². The molecule has 0 radical (unpaired) electrons. The van der Waals surface area contributed by atoms with Crippen LogP contribution in [-0.4, -0.2) is 30.1 Å². The van der Waals surface area contributed by atoms with Gasteiger partial charge in [0, 0.05) is 26.0 Å². The highest BCUT2D eigenvalue weighted by Crippen LogP contribution is 2.10. The van der Waals surface area contributed by atoms with Gasteiger partial charge in [0.1, 0.15) is 0 Å². The van der Waals surface area contributed by atoms with Crippen molar-refractivity contribution in [3.05, 3.63) is 16.9 Å². The Morgan fingerprint density at radius 3 is 2.53 bits per heavy atom. The molecule has 84 valence electrons. The third-order valence-corrected chi connectivity index (χ3v) is 2.56. The quantitative estimate of drug-likeness (QED) is 0.803. The van der Waals surface area contributed by atoms with Crippen molar-refractivity contribution in [1.82, 2.24) is 9.97 Å². The van der Waals surface area contributed by atoms with E-state index in [-0.39, 0.29) is 0 Å². The van der Waals surface area contributed by atoms with Gasteiger partial charge in [0.15, 0.2) is 0 Å². The summed E-state index contributed by atoms with van der Waals surface area (Å²) in [5.41, 5.74) is 5.43. The second-order valence-electron chi connectivity index (χ2n) is 3.47. The Labute approximate surface area is 99.0 Å². The number of nitrogens with two attached hydrogens (primary N) is 1. The average molecular weight is 273 g/mol. The molecular weight excluding hydrogens is 256 g/mol. The van der Waals surface area contributed by atoms with E-state index in [0.717, 1.165) is 42.8 Å². The molecule has 0 saturated carbocycles. The Bertz CT molecular complexity index is 275. The summed E-state index contributed by atoms with van der Waals surface area (Å²) in [5, 5.41) is 0. The van der Waals surface area contributed by atoms with Crippen LogP contribution in [0.15, 0.2) is 16.9 Å². The molecule has 0 aromatic carbocycles. The van der Waals surface area contributed by atoms with Crippen LogP contribution in [0.5, 0.6) is 0 Å². The molecule has 5 heteroatoms. The summed E-state index contributed by atoms with van der Waals surface area (Å²) in [6, 6.07) is 0. The molecule has 0 bridgehead atoms. The fourth-order valence-corrected chi connectivity index (χ4v) is 1.48. The smallest absolute Gasteiger partial charge is 0.225 e. The van der Waals surface area contributed by atoms with E-state index in [1.165, 1.54) is 0 Å². The number of aromatic nitrogens is 2. The minimum absolute atomic E-state index is 0.769. The van der Waals surface area contributed by atoms with Gasteiger partial charge in [-0.2, -0.15) is 0 Å². The first-order valence-corrected chi connectivity index (χ1v) is 5.92. The molecule has 2 N–H and O–H groups in total. The molecule has 1 heterocycles. The summed E-state index contributed by atoms with van der Waals surface area (Å²) >= 11 is 3.31. The maximum Gasteiger partial charge on any atom is 0.225 e. The van der Waals surface area contributed by atoms with Crippen LogP contribution in [0.3, 0.4) is 0 Å². The summed E-state index contributed by atoms with van der Waals surface area (Å²) < 4.78 is 0.905. The van der Waals surface area contributed by atoms with Crippen molar-refractivity contribution in [1.29, 1.82) is 0 Å². The average Bonchev–Trinajstić information content (AvgIpc) is 2.25. The predicted molar refractivity (Wildman–Crippen MR) is 65.9 cm³/mol. The van der Waals surface area contributed by atoms with E-state index in [2.05, 4.69) is 30.8 Å². The third kappa shape index (κ3) is 4.57. The van der Waals surface area contributed by atoms with Crippen LogP contribution in [0.25, 0.3) is 0 Å². The zero-order valence-corrected chi connectivity index (χ0v) is 10.6. The number of hydrogen-bond donors (Lipinski definition) is 1. The molecule has 1 rings (SSSR count). The zero-order chi connectivity index (χ0) is 11.1. The summed E-state index contributed by atoms with van der Waals surface area (Å²) in [5.74, 6) is 0.769. The predicted octanol–water partition coefficient (Wildman–Crippen LogP) is 1.80. The van der Waals surface area contributed by atoms with E-state index in [4.69, 9.17) is 5.73 Å². The fourth-order valence-electron chi connectivity index (χ4n) is 1.27. The monoisotopic (exact) mass is 272 g/mol. The molecule has 0 atom stereocenters. The second kappa shape index (κ2) is 6.74. The lowest BCUT2D eigenvalue weighted by molar-refractivity contribution is 0.672. The third-order valence-electron chi connectivity index (χ3n) is 2.15. The molecule has 0 unspecified atom stereocenters. The zero-order valence-electron chi connectivity index (χ0n) is 8.99. The number of anilines is 1. The lowest BCUT2D eigenvalue weighted by atomic mass is 10.2. The standard InChI is InChI=1S/C10H17BrN4/c1-15(6-4-2-3-5-12)10-13-7-9(11)8-14-10/h7-8H,2-6,12H2,1H3. The van der Waals surface area contributed by atoms with E-state index in [0.29, 0.717) is 0 Å². The Balaban J connectivity index is 2.33. The molecular formula is C10H17BrN4. The molecule has 15 heavy (non-hydrogen) atoms. The van der Waals surface area contributed by atoms with E-state index < -0.39 is 0 Å². The van der Waals surface area contributed by atoms with Crippen LogP contribution >= 0.6 is 15.9 Å². The van der Waals surface area contributed by atoms with Gasteiger partial charge in [-0.15, -0.1) is 0 Å². The summed E-state index contributed by atoms with van der Waals surface area (Å²) in [7, 11) is 2.01. The number of rotatable bonds is 6. The van der Waals surface area contributed by atoms with Crippen LogP contribution in [-0.2, 0) is 0 Å². The van der Waals surface area contributed by atoms with Crippen LogP contribution in [0.1, 0.15) is 19.3 Å². The summed E-state index contributed by atoms with van der Waals surface area (Å²) in [6.07, 6.45) is 6.91. The minimum atomic E-state index is 0.769. The molecule has 0 spiro atoms. The van der Waals surface area contributed by atoms with Gasteiger partial charge >= 0.3 is 0 Å². The fraction of sp³-hybridized carbons (Fsp3) is 0.600. The molecule has 1 aromatic rings. The van der Waals surface area contributed by atoms with E-state index in [1.54, 1.807) is 12.4 Å². The highest BCUT2D eigenvalue weighted by Gasteiger charge is 2.02. The van der Waals surface area contributed by atoms with Gasteiger partial charge < -0.3 is 10.6 Å². The Morgan fingerprint density at radius 2 is 1.93 bits per heavy atom. The molecule has 0 fully saturated rings. The lowest BCUT2D eigenvalue weighted by Gasteiger charge is -2.16. The molecule has 4 nitrogen and oxygen atoms in total. The Hall–Kier alpha value is -0.680. The van der Waals surface area contributed by atoms with Crippen LogP contribution in [0.4, 0.5) is 5.95 Å². The van der Waals surface area contributed by atoms with E-state index in [1.807, 2.05) is 7.05 Å². The molecule has 1 aromatic heterocycles. The van der Waals surface area contributed by atoms with Gasteiger partial charge in [-0.25, -0.2) is 9.97 Å². The lowest BCUT2D eigenvalue weighted by Crippen LogP contribution is -2.21. The molecule has 0 amide bonds. The highest BCUT2D eigenvalue weighted by atomic mass is 79.9. The van der Waals surface area contributed by atoms with Crippen LogP contribution in [0.2, 0.25) is 0 Å². The van der Waals surface area contributed by atoms with Crippen molar-refractivity contribution in [2.45, 2.75) is 19.3 Å². The molecule has 0 saturated heterocycles. The van der Waals surface area contributed by atoms with Gasteiger partial charge in [-0.1, -0.05) is 6.42 Å². The number of hydrogen-bond acceptors (Lipinski definition) is 4. The van der Waals surface area contributed by atoms with Crippen molar-refractivity contribution in [3.63, 3.8) is 0 Å². The van der Waals surface area contributed by atoms with Crippen molar-refractivity contribution in [3.8, 4) is 0 Å². The van der Waals surface area contributed by atoms with Gasteiger partial charge in [0.2, 0.25) is 5.95 Å². The SMILES string of the molecule is CN(CCCCCN)c1ncc(Br)cn1. The first kappa shape index (κ1) is 12.4. The van der Waals surface area contributed by atoms with Gasteiger partial charge in [-0.3, -0.25) is 0 Å². The maximum atomic E-state index is 5.43. The number of nitrogens with zero attached hydrogens (tertiary/aromatic N) is 3. The molecule has 0 aliphatic rings. The van der Waals surface area contributed by atoms with Crippen molar-refractivity contribution < 1.29 is 0 Å². The van der Waals surface area contributed by atoms with Gasteiger partial charge in [0.05, 0.1) is 4.47 Å². The first-order valence-electron chi connectivity index (χ1n) is 5.13. The summed E-state index contributed by atoms with van der Waals surface area (Å²) in [4.78, 5) is 10.5. The number of unbranched alkanes of at least 4 members (excludes halogenated alkanes) is 2. The molecule has 0 aliphatic carbocycles. The molecule has 0 aliphatic heterocycles. The normalized spacial score (nSPS) is 10.3. The number of halogens is 1. The van der Waals surface area contributed by atoms with Crippen LogP contribution < -0.4 is 10.6 Å². The second-order valence-corrected chi connectivity index (χ2v) is 4.39. The highest BCUT2D eigenvalue weighted by molar-refractivity contribution is 9.10. The van der Waals surface area contributed by atoms with Crippen molar-refractivity contribution in [2.75, 3.05) is 25.0 Å².